The SMILES string of the molecule is C[CH]Sc1ccccc1. The number of benzene rings is 1. The smallest absolute Gasteiger partial charge is 0.0186 e. The van der Waals surface area contributed by atoms with Gasteiger partial charge >= 0.3 is 0 Å². The molecule has 0 aliphatic carbocycles. The van der Waals surface area contributed by atoms with Gasteiger partial charge in [-0.05, 0) is 12.1 Å². The van der Waals surface area contributed by atoms with Crippen LogP contribution in [0.3, 0.4) is 0 Å². The molecule has 0 heterocycles. The Hall–Kier alpha value is -0.430. The van der Waals surface area contributed by atoms with E-state index in [1.165, 1.54) is 4.90 Å². The molecule has 0 nitrogen and oxygen atoms in total. The van der Waals surface area contributed by atoms with Gasteiger partial charge in [-0.3, -0.25) is 0 Å². The second-order valence-electron chi connectivity index (χ2n) is 1.67. The van der Waals surface area contributed by atoms with Crippen LogP contribution >= 0.6 is 11.8 Å². The van der Waals surface area contributed by atoms with E-state index < -0.39 is 0 Å². The number of rotatable bonds is 2. The molecule has 0 bridgehead atoms. The minimum absolute atomic E-state index is 1.31. The molecule has 0 unspecified atom stereocenters. The van der Waals surface area contributed by atoms with Gasteiger partial charge in [-0.1, -0.05) is 25.1 Å². The highest BCUT2D eigenvalue weighted by Gasteiger charge is 1.85. The van der Waals surface area contributed by atoms with Gasteiger partial charge in [-0.15, -0.1) is 11.8 Å². The Morgan fingerprint density at radius 1 is 1.22 bits per heavy atom. The molecule has 0 N–H and O–H groups in total. The molecular formula is C8H9S. The fraction of sp³-hybridized carbons (Fsp3) is 0.125. The van der Waals surface area contributed by atoms with Crippen molar-refractivity contribution in [2.45, 2.75) is 11.8 Å². The van der Waals surface area contributed by atoms with Gasteiger partial charge in [-0.2, -0.15) is 0 Å². The third kappa shape index (κ3) is 2.10. The van der Waals surface area contributed by atoms with Crippen molar-refractivity contribution in [1.29, 1.82) is 0 Å². The van der Waals surface area contributed by atoms with Gasteiger partial charge in [-0.25, -0.2) is 0 Å². The van der Waals surface area contributed by atoms with E-state index in [1.54, 1.807) is 11.8 Å². The van der Waals surface area contributed by atoms with Crippen LogP contribution in [0.4, 0.5) is 0 Å². The quantitative estimate of drug-likeness (QED) is 0.565. The monoisotopic (exact) mass is 137 g/mol. The van der Waals surface area contributed by atoms with Crippen LogP contribution in [0.2, 0.25) is 0 Å². The highest BCUT2D eigenvalue weighted by molar-refractivity contribution is 8.01. The third-order valence-corrected chi connectivity index (χ3v) is 1.78. The zero-order chi connectivity index (χ0) is 6.53. The van der Waals surface area contributed by atoms with E-state index in [2.05, 4.69) is 17.9 Å². The summed E-state index contributed by atoms with van der Waals surface area (Å²) >= 11 is 1.75. The van der Waals surface area contributed by atoms with Crippen LogP contribution in [0, 0.1) is 5.75 Å². The average molecular weight is 137 g/mol. The summed E-state index contributed by atoms with van der Waals surface area (Å²) in [7, 11) is 0. The van der Waals surface area contributed by atoms with Crippen LogP contribution < -0.4 is 0 Å². The second-order valence-corrected chi connectivity index (χ2v) is 2.85. The number of hydrogen-bond donors (Lipinski definition) is 0. The molecule has 0 aliphatic heterocycles. The molecule has 0 aromatic heterocycles. The Labute approximate surface area is 60.3 Å². The molecule has 47 valence electrons. The molecule has 0 spiro atoms. The molecule has 1 aromatic rings. The van der Waals surface area contributed by atoms with Crippen LogP contribution in [0.5, 0.6) is 0 Å². The lowest BCUT2D eigenvalue weighted by Gasteiger charge is -1.93. The Morgan fingerprint density at radius 2 is 1.89 bits per heavy atom. The van der Waals surface area contributed by atoms with Crippen LogP contribution in [0.1, 0.15) is 6.92 Å². The van der Waals surface area contributed by atoms with Gasteiger partial charge < -0.3 is 0 Å². The van der Waals surface area contributed by atoms with Crippen molar-refractivity contribution in [1.82, 2.24) is 0 Å². The van der Waals surface area contributed by atoms with E-state index in [9.17, 15) is 0 Å². The summed E-state index contributed by atoms with van der Waals surface area (Å²) in [5.74, 6) is 2.08. The lowest BCUT2D eigenvalue weighted by Crippen LogP contribution is -1.64. The van der Waals surface area contributed by atoms with E-state index >= 15 is 0 Å². The normalized spacial score (nSPS) is 9.44. The highest BCUT2D eigenvalue weighted by atomic mass is 32.2. The van der Waals surface area contributed by atoms with Crippen molar-refractivity contribution in [3.8, 4) is 0 Å². The van der Waals surface area contributed by atoms with E-state index in [0.29, 0.717) is 0 Å². The average Bonchev–Trinajstić information content (AvgIpc) is 1.91. The lowest BCUT2D eigenvalue weighted by molar-refractivity contribution is 1.46. The maximum atomic E-state index is 2.10. The summed E-state index contributed by atoms with van der Waals surface area (Å²) in [4.78, 5) is 1.31. The van der Waals surface area contributed by atoms with Crippen LogP contribution in [-0.2, 0) is 0 Å². The van der Waals surface area contributed by atoms with Crippen LogP contribution in [0.15, 0.2) is 35.2 Å². The molecule has 0 atom stereocenters. The first-order chi connectivity index (χ1) is 4.43. The molecule has 0 saturated carbocycles. The fourth-order valence-corrected chi connectivity index (χ4v) is 1.22. The van der Waals surface area contributed by atoms with E-state index in [0.717, 1.165) is 0 Å². The van der Waals surface area contributed by atoms with Gasteiger partial charge in [0.1, 0.15) is 0 Å². The van der Waals surface area contributed by atoms with E-state index in [1.807, 2.05) is 25.1 Å². The molecule has 1 heteroatoms. The lowest BCUT2D eigenvalue weighted by atomic mass is 10.4. The van der Waals surface area contributed by atoms with Crippen LogP contribution in [0.25, 0.3) is 0 Å². The summed E-state index contributed by atoms with van der Waals surface area (Å²) in [5, 5.41) is 0. The van der Waals surface area contributed by atoms with Gasteiger partial charge in [0.15, 0.2) is 0 Å². The van der Waals surface area contributed by atoms with Crippen molar-refractivity contribution >= 4 is 11.8 Å². The summed E-state index contributed by atoms with van der Waals surface area (Å²) < 4.78 is 0. The first-order valence-electron chi connectivity index (χ1n) is 2.93. The van der Waals surface area contributed by atoms with Gasteiger partial charge in [0, 0.05) is 10.6 Å². The van der Waals surface area contributed by atoms with Crippen molar-refractivity contribution in [2.75, 3.05) is 0 Å². The fourth-order valence-electron chi connectivity index (χ4n) is 0.635. The molecule has 0 fully saturated rings. The molecular weight excluding hydrogens is 128 g/mol. The van der Waals surface area contributed by atoms with Crippen molar-refractivity contribution in [3.05, 3.63) is 36.1 Å². The molecule has 1 aromatic carbocycles. The summed E-state index contributed by atoms with van der Waals surface area (Å²) in [6.45, 7) is 2.04. The van der Waals surface area contributed by atoms with Crippen molar-refractivity contribution < 1.29 is 0 Å². The third-order valence-electron chi connectivity index (χ3n) is 0.997. The van der Waals surface area contributed by atoms with E-state index in [4.69, 9.17) is 0 Å². The Kier molecular flexibility index (Phi) is 2.65. The highest BCUT2D eigenvalue weighted by Crippen LogP contribution is 2.18. The zero-order valence-electron chi connectivity index (χ0n) is 5.37. The molecule has 0 amide bonds. The van der Waals surface area contributed by atoms with E-state index in [-0.39, 0.29) is 0 Å². The number of hydrogen-bond acceptors (Lipinski definition) is 1. The van der Waals surface area contributed by atoms with Crippen LogP contribution in [-0.4, -0.2) is 0 Å². The standard InChI is InChI=1S/C8H9S/c1-2-9-8-6-4-3-5-7-8/h2-7H,1H3. The number of thioether (sulfide) groups is 1. The molecule has 1 rings (SSSR count). The minimum Gasteiger partial charge on any atom is -0.122 e. The molecule has 1 radical (unpaired) electrons. The first kappa shape index (κ1) is 6.69. The summed E-state index contributed by atoms with van der Waals surface area (Å²) in [6, 6.07) is 10.3. The van der Waals surface area contributed by atoms with Gasteiger partial charge in [0.25, 0.3) is 0 Å². The summed E-state index contributed by atoms with van der Waals surface area (Å²) in [6.07, 6.45) is 0. The Balaban J connectivity index is 2.61. The van der Waals surface area contributed by atoms with Crippen molar-refractivity contribution in [2.24, 2.45) is 0 Å². The predicted molar refractivity (Wildman–Crippen MR) is 42.3 cm³/mol. The zero-order valence-corrected chi connectivity index (χ0v) is 6.19. The molecule has 9 heavy (non-hydrogen) atoms. The molecule has 0 saturated heterocycles. The summed E-state index contributed by atoms with van der Waals surface area (Å²) in [5.41, 5.74) is 0. The molecule has 0 aliphatic rings. The minimum atomic E-state index is 1.31. The largest absolute Gasteiger partial charge is 0.122 e. The topological polar surface area (TPSA) is 0 Å². The maximum Gasteiger partial charge on any atom is 0.0186 e. The predicted octanol–water partition coefficient (Wildman–Crippen LogP) is 2.96. The van der Waals surface area contributed by atoms with Gasteiger partial charge in [0.2, 0.25) is 0 Å². The maximum absolute atomic E-state index is 2.10. The first-order valence-corrected chi connectivity index (χ1v) is 3.81. The Morgan fingerprint density at radius 3 is 2.44 bits per heavy atom. The second kappa shape index (κ2) is 3.57. The van der Waals surface area contributed by atoms with Gasteiger partial charge in [0.05, 0.1) is 0 Å². The van der Waals surface area contributed by atoms with Crippen molar-refractivity contribution in [3.63, 3.8) is 0 Å². The Bertz CT molecular complexity index is 157.